The van der Waals surface area contributed by atoms with Crippen molar-refractivity contribution in [3.8, 4) is 11.3 Å². The zero-order valence-electron chi connectivity index (χ0n) is 11.8. The maximum Gasteiger partial charge on any atom is 0.277 e. The lowest BCUT2D eigenvalue weighted by atomic mass is 10.1. The van der Waals surface area contributed by atoms with Crippen LogP contribution in [0.3, 0.4) is 0 Å². The molecular weight excluding hydrogens is 289 g/mol. The molecule has 2 rings (SSSR count). The normalized spacial score (nSPS) is 10.9. The van der Waals surface area contributed by atoms with Crippen molar-refractivity contribution in [1.82, 2.24) is 9.78 Å². The minimum atomic E-state index is -0.330. The largest absolute Gasteiger partial charge is 0.389 e. The fourth-order valence-corrected chi connectivity index (χ4v) is 2.10. The summed E-state index contributed by atoms with van der Waals surface area (Å²) in [5.41, 5.74) is 6.80. The standard InChI is InChI=1S/C15H16FN3OS/c1-9(2)8-19-15(20)12(14(17)21)7-13(18-19)10-3-5-11(16)6-4-10/h3-7,9H,8H2,1-2H3,(H2,17,21). The number of aromatic nitrogens is 2. The monoisotopic (exact) mass is 305 g/mol. The van der Waals surface area contributed by atoms with Crippen LogP contribution in [0.4, 0.5) is 4.39 Å². The zero-order chi connectivity index (χ0) is 15.6. The molecule has 2 aromatic rings. The molecule has 0 bridgehead atoms. The topological polar surface area (TPSA) is 60.9 Å². The third-order valence-electron chi connectivity index (χ3n) is 2.92. The van der Waals surface area contributed by atoms with Crippen LogP contribution >= 0.6 is 12.2 Å². The van der Waals surface area contributed by atoms with Gasteiger partial charge in [0.05, 0.1) is 11.3 Å². The summed E-state index contributed by atoms with van der Waals surface area (Å²) in [6.07, 6.45) is 0. The highest BCUT2D eigenvalue weighted by molar-refractivity contribution is 7.80. The molecule has 21 heavy (non-hydrogen) atoms. The van der Waals surface area contributed by atoms with Crippen LogP contribution in [0.1, 0.15) is 19.4 Å². The second kappa shape index (κ2) is 6.13. The van der Waals surface area contributed by atoms with Gasteiger partial charge in [-0.3, -0.25) is 4.79 Å². The van der Waals surface area contributed by atoms with Crippen molar-refractivity contribution < 1.29 is 4.39 Å². The number of nitrogens with zero attached hydrogens (tertiary/aromatic N) is 2. The van der Waals surface area contributed by atoms with E-state index in [0.29, 0.717) is 17.8 Å². The summed E-state index contributed by atoms with van der Waals surface area (Å²) in [6, 6.07) is 7.44. The summed E-state index contributed by atoms with van der Waals surface area (Å²) in [5, 5.41) is 4.32. The predicted molar refractivity (Wildman–Crippen MR) is 84.6 cm³/mol. The Labute approximate surface area is 127 Å². The lowest BCUT2D eigenvalue weighted by molar-refractivity contribution is 0.465. The Balaban J connectivity index is 2.61. The minimum Gasteiger partial charge on any atom is -0.389 e. The minimum absolute atomic E-state index is 0.0308. The molecule has 2 N–H and O–H groups in total. The van der Waals surface area contributed by atoms with Crippen LogP contribution in [0.25, 0.3) is 11.3 Å². The number of hydrogen-bond acceptors (Lipinski definition) is 3. The van der Waals surface area contributed by atoms with Gasteiger partial charge in [0.25, 0.3) is 5.56 Å². The first-order valence-corrected chi connectivity index (χ1v) is 6.97. The number of rotatable bonds is 4. The third-order valence-corrected chi connectivity index (χ3v) is 3.14. The molecule has 0 aliphatic carbocycles. The molecule has 4 nitrogen and oxygen atoms in total. The molecule has 0 saturated carbocycles. The fraction of sp³-hybridized carbons (Fsp3) is 0.267. The highest BCUT2D eigenvalue weighted by atomic mass is 32.1. The Bertz CT molecular complexity index is 723. The average molecular weight is 305 g/mol. The quantitative estimate of drug-likeness (QED) is 0.881. The van der Waals surface area contributed by atoms with Crippen LogP contribution in [0.15, 0.2) is 35.1 Å². The summed E-state index contributed by atoms with van der Waals surface area (Å²) in [7, 11) is 0. The van der Waals surface area contributed by atoms with E-state index < -0.39 is 0 Å². The molecule has 0 atom stereocenters. The Hall–Kier alpha value is -2.08. The van der Waals surface area contributed by atoms with Gasteiger partial charge in [-0.15, -0.1) is 0 Å². The zero-order valence-corrected chi connectivity index (χ0v) is 12.7. The summed E-state index contributed by atoms with van der Waals surface area (Å²) < 4.78 is 14.4. The van der Waals surface area contributed by atoms with Gasteiger partial charge in [0.1, 0.15) is 10.8 Å². The number of halogens is 1. The first-order chi connectivity index (χ1) is 9.88. The number of thiocarbonyl (C=S) groups is 1. The summed E-state index contributed by atoms with van der Waals surface area (Å²) in [4.78, 5) is 12.3. The molecule has 0 aliphatic heterocycles. The molecule has 1 aromatic carbocycles. The lowest BCUT2D eigenvalue weighted by Gasteiger charge is -2.12. The van der Waals surface area contributed by atoms with Gasteiger partial charge in [-0.25, -0.2) is 9.07 Å². The van der Waals surface area contributed by atoms with E-state index in [0.717, 1.165) is 0 Å². The smallest absolute Gasteiger partial charge is 0.277 e. The SMILES string of the molecule is CC(C)Cn1nc(-c2ccc(F)cc2)cc(C(N)=S)c1=O. The van der Waals surface area contributed by atoms with Gasteiger partial charge in [0.15, 0.2) is 0 Å². The van der Waals surface area contributed by atoms with Gasteiger partial charge >= 0.3 is 0 Å². The molecule has 0 amide bonds. The number of hydrogen-bond donors (Lipinski definition) is 1. The second-order valence-electron chi connectivity index (χ2n) is 5.20. The molecule has 0 radical (unpaired) electrons. The molecule has 0 fully saturated rings. The number of nitrogens with two attached hydrogens (primary N) is 1. The first-order valence-electron chi connectivity index (χ1n) is 6.56. The van der Waals surface area contributed by atoms with Crippen LogP contribution in [-0.4, -0.2) is 14.8 Å². The summed E-state index contributed by atoms with van der Waals surface area (Å²) in [5.74, 6) is -0.0818. The maximum absolute atomic E-state index is 13.0. The maximum atomic E-state index is 13.0. The molecule has 0 aliphatic rings. The van der Waals surface area contributed by atoms with E-state index >= 15 is 0 Å². The van der Waals surface area contributed by atoms with Gasteiger partial charge in [-0.1, -0.05) is 26.1 Å². The van der Waals surface area contributed by atoms with Crippen LogP contribution < -0.4 is 11.3 Å². The van der Waals surface area contributed by atoms with Crippen molar-refractivity contribution in [2.75, 3.05) is 0 Å². The molecule has 6 heteroatoms. The van der Waals surface area contributed by atoms with E-state index in [1.807, 2.05) is 13.8 Å². The highest BCUT2D eigenvalue weighted by Gasteiger charge is 2.13. The van der Waals surface area contributed by atoms with E-state index in [2.05, 4.69) is 5.10 Å². The van der Waals surface area contributed by atoms with Crippen molar-refractivity contribution in [3.63, 3.8) is 0 Å². The van der Waals surface area contributed by atoms with Crippen LogP contribution in [0.5, 0.6) is 0 Å². The van der Waals surface area contributed by atoms with E-state index in [-0.39, 0.29) is 27.8 Å². The first kappa shape index (κ1) is 15.3. The second-order valence-corrected chi connectivity index (χ2v) is 5.64. The van der Waals surface area contributed by atoms with Gasteiger partial charge in [0.2, 0.25) is 0 Å². The lowest BCUT2D eigenvalue weighted by Crippen LogP contribution is -2.32. The Morgan fingerprint density at radius 2 is 2.00 bits per heavy atom. The highest BCUT2D eigenvalue weighted by Crippen LogP contribution is 2.17. The van der Waals surface area contributed by atoms with Gasteiger partial charge in [0, 0.05) is 12.1 Å². The van der Waals surface area contributed by atoms with E-state index in [9.17, 15) is 9.18 Å². The summed E-state index contributed by atoms with van der Waals surface area (Å²) >= 11 is 4.93. The van der Waals surface area contributed by atoms with Crippen molar-refractivity contribution in [2.24, 2.45) is 11.7 Å². The van der Waals surface area contributed by atoms with Crippen LogP contribution in [0.2, 0.25) is 0 Å². The van der Waals surface area contributed by atoms with Gasteiger partial charge in [-0.05, 0) is 36.2 Å². The van der Waals surface area contributed by atoms with E-state index in [4.69, 9.17) is 18.0 Å². The molecule has 110 valence electrons. The Morgan fingerprint density at radius 1 is 1.38 bits per heavy atom. The van der Waals surface area contributed by atoms with Gasteiger partial charge < -0.3 is 5.73 Å². The molecule has 1 aromatic heterocycles. The summed E-state index contributed by atoms with van der Waals surface area (Å²) in [6.45, 7) is 4.43. The van der Waals surface area contributed by atoms with E-state index in [1.54, 1.807) is 18.2 Å². The average Bonchev–Trinajstić information content (AvgIpc) is 2.41. The third kappa shape index (κ3) is 3.52. The van der Waals surface area contributed by atoms with Crippen molar-refractivity contribution >= 4 is 17.2 Å². The molecular formula is C15H16FN3OS. The van der Waals surface area contributed by atoms with Crippen LogP contribution in [-0.2, 0) is 6.54 Å². The fourth-order valence-electron chi connectivity index (χ4n) is 1.95. The molecule has 0 unspecified atom stereocenters. The predicted octanol–water partition coefficient (Wildman–Crippen LogP) is 2.34. The Morgan fingerprint density at radius 3 is 2.52 bits per heavy atom. The molecule has 1 heterocycles. The number of benzene rings is 1. The van der Waals surface area contributed by atoms with Gasteiger partial charge in [-0.2, -0.15) is 5.10 Å². The molecule has 0 saturated heterocycles. The van der Waals surface area contributed by atoms with Crippen molar-refractivity contribution in [2.45, 2.75) is 20.4 Å². The van der Waals surface area contributed by atoms with Crippen LogP contribution in [0, 0.1) is 11.7 Å². The van der Waals surface area contributed by atoms with E-state index in [1.165, 1.54) is 16.8 Å². The van der Waals surface area contributed by atoms with Crippen molar-refractivity contribution in [1.29, 1.82) is 0 Å². The van der Waals surface area contributed by atoms with Crippen molar-refractivity contribution in [3.05, 3.63) is 52.1 Å². The Kier molecular flexibility index (Phi) is 4.47. The molecule has 0 spiro atoms.